The Morgan fingerprint density at radius 3 is 2.39 bits per heavy atom. The van der Waals surface area contributed by atoms with E-state index in [1.165, 1.54) is 12.8 Å². The smallest absolute Gasteiger partial charge is 0.138 e. The molecule has 4 heteroatoms. The number of aliphatic hydroxyl groups excluding tert-OH is 1. The number of aryl methyl sites for hydroxylation is 1. The fourth-order valence-electron chi connectivity index (χ4n) is 3.06. The maximum atomic E-state index is 10.3. The lowest BCUT2D eigenvalue weighted by Gasteiger charge is -2.33. The SMILES string of the molecule is CC(C)C1CCC(C(O)Cc2ncnn2C)CC1. The largest absolute Gasteiger partial charge is 0.392 e. The molecule has 1 fully saturated rings. The zero-order valence-electron chi connectivity index (χ0n) is 11.7. The monoisotopic (exact) mass is 251 g/mol. The van der Waals surface area contributed by atoms with E-state index in [1.54, 1.807) is 11.0 Å². The van der Waals surface area contributed by atoms with Crippen molar-refractivity contribution >= 4 is 0 Å². The van der Waals surface area contributed by atoms with E-state index in [0.29, 0.717) is 12.3 Å². The van der Waals surface area contributed by atoms with Crippen molar-refractivity contribution in [2.75, 3.05) is 0 Å². The summed E-state index contributed by atoms with van der Waals surface area (Å²) in [6, 6.07) is 0. The number of aromatic nitrogens is 3. The van der Waals surface area contributed by atoms with Crippen LogP contribution in [0.2, 0.25) is 0 Å². The summed E-state index contributed by atoms with van der Waals surface area (Å²) in [5.41, 5.74) is 0. The Kier molecular flexibility index (Phi) is 4.38. The Balaban J connectivity index is 1.84. The van der Waals surface area contributed by atoms with Crippen molar-refractivity contribution in [1.82, 2.24) is 14.8 Å². The molecule has 1 unspecified atom stereocenters. The van der Waals surface area contributed by atoms with E-state index < -0.39 is 0 Å². The van der Waals surface area contributed by atoms with Gasteiger partial charge in [-0.3, -0.25) is 4.68 Å². The van der Waals surface area contributed by atoms with E-state index in [4.69, 9.17) is 0 Å². The lowest BCUT2D eigenvalue weighted by atomic mass is 9.75. The second kappa shape index (κ2) is 5.83. The quantitative estimate of drug-likeness (QED) is 0.892. The van der Waals surface area contributed by atoms with Crippen molar-refractivity contribution in [1.29, 1.82) is 0 Å². The zero-order chi connectivity index (χ0) is 13.1. The van der Waals surface area contributed by atoms with Gasteiger partial charge in [-0.1, -0.05) is 13.8 Å². The highest BCUT2D eigenvalue weighted by atomic mass is 16.3. The van der Waals surface area contributed by atoms with Gasteiger partial charge in [0, 0.05) is 13.5 Å². The van der Waals surface area contributed by atoms with E-state index >= 15 is 0 Å². The third-order valence-corrected chi connectivity index (χ3v) is 4.50. The van der Waals surface area contributed by atoms with Gasteiger partial charge in [-0.05, 0) is 43.4 Å². The Hall–Kier alpha value is -0.900. The molecule has 1 aromatic rings. The molecule has 0 bridgehead atoms. The van der Waals surface area contributed by atoms with Crippen molar-refractivity contribution < 1.29 is 5.11 Å². The Labute approximate surface area is 109 Å². The molecule has 1 aliphatic rings. The predicted molar refractivity (Wildman–Crippen MR) is 71.0 cm³/mol. The number of nitrogens with zero attached hydrogens (tertiary/aromatic N) is 3. The van der Waals surface area contributed by atoms with Crippen molar-refractivity contribution in [2.24, 2.45) is 24.8 Å². The molecule has 1 aromatic heterocycles. The van der Waals surface area contributed by atoms with E-state index in [2.05, 4.69) is 23.9 Å². The Morgan fingerprint density at radius 2 is 1.89 bits per heavy atom. The summed E-state index contributed by atoms with van der Waals surface area (Å²) in [5, 5.41) is 14.4. The molecule has 1 atom stereocenters. The molecular formula is C14H25N3O. The maximum Gasteiger partial charge on any atom is 0.138 e. The Morgan fingerprint density at radius 1 is 1.28 bits per heavy atom. The topological polar surface area (TPSA) is 50.9 Å². The van der Waals surface area contributed by atoms with Gasteiger partial charge in [-0.2, -0.15) is 5.10 Å². The molecule has 1 saturated carbocycles. The third-order valence-electron chi connectivity index (χ3n) is 4.50. The maximum absolute atomic E-state index is 10.3. The first kappa shape index (κ1) is 13.5. The lowest BCUT2D eigenvalue weighted by Crippen LogP contribution is -2.29. The standard InChI is InChI=1S/C14H25N3O/c1-10(2)11-4-6-12(7-5-11)13(18)8-14-15-9-16-17(14)3/h9-13,18H,4-8H2,1-3H3. The fourth-order valence-corrected chi connectivity index (χ4v) is 3.06. The normalized spacial score (nSPS) is 26.5. The van der Waals surface area contributed by atoms with E-state index in [-0.39, 0.29) is 6.10 Å². The summed E-state index contributed by atoms with van der Waals surface area (Å²) in [6.45, 7) is 4.61. The van der Waals surface area contributed by atoms with Crippen LogP contribution in [-0.2, 0) is 13.5 Å². The van der Waals surface area contributed by atoms with E-state index in [0.717, 1.165) is 30.5 Å². The van der Waals surface area contributed by atoms with Crippen molar-refractivity contribution in [3.63, 3.8) is 0 Å². The van der Waals surface area contributed by atoms with Crippen LogP contribution in [0.15, 0.2) is 6.33 Å². The lowest BCUT2D eigenvalue weighted by molar-refractivity contribution is 0.0654. The molecule has 0 amide bonds. The summed E-state index contributed by atoms with van der Waals surface area (Å²) in [7, 11) is 1.88. The van der Waals surface area contributed by atoms with E-state index in [9.17, 15) is 5.11 Å². The molecule has 0 aromatic carbocycles. The van der Waals surface area contributed by atoms with Gasteiger partial charge in [-0.15, -0.1) is 0 Å². The highest BCUT2D eigenvalue weighted by Crippen LogP contribution is 2.35. The first-order chi connectivity index (χ1) is 8.58. The fraction of sp³-hybridized carbons (Fsp3) is 0.857. The molecule has 4 nitrogen and oxygen atoms in total. The Bertz CT molecular complexity index is 367. The average molecular weight is 251 g/mol. The summed E-state index contributed by atoms with van der Waals surface area (Å²) >= 11 is 0. The van der Waals surface area contributed by atoms with Gasteiger partial charge in [-0.25, -0.2) is 4.98 Å². The second-order valence-corrected chi connectivity index (χ2v) is 5.99. The summed E-state index contributed by atoms with van der Waals surface area (Å²) in [6.07, 6.45) is 6.76. The molecule has 1 heterocycles. The number of hydrogen-bond acceptors (Lipinski definition) is 3. The summed E-state index contributed by atoms with van der Waals surface area (Å²) in [4.78, 5) is 4.19. The summed E-state index contributed by atoms with van der Waals surface area (Å²) in [5.74, 6) is 2.95. The second-order valence-electron chi connectivity index (χ2n) is 5.99. The minimum absolute atomic E-state index is 0.263. The van der Waals surface area contributed by atoms with Gasteiger partial charge >= 0.3 is 0 Å². The molecule has 2 rings (SSSR count). The third kappa shape index (κ3) is 3.10. The van der Waals surface area contributed by atoms with Gasteiger partial charge in [0.25, 0.3) is 0 Å². The van der Waals surface area contributed by atoms with Crippen LogP contribution in [0.1, 0.15) is 45.4 Å². The van der Waals surface area contributed by atoms with Gasteiger partial charge in [0.1, 0.15) is 12.2 Å². The van der Waals surface area contributed by atoms with Crippen LogP contribution in [-0.4, -0.2) is 26.0 Å². The number of aliphatic hydroxyl groups is 1. The van der Waals surface area contributed by atoms with Gasteiger partial charge in [0.2, 0.25) is 0 Å². The zero-order valence-corrected chi connectivity index (χ0v) is 11.7. The van der Waals surface area contributed by atoms with Crippen LogP contribution < -0.4 is 0 Å². The number of rotatable bonds is 4. The molecule has 1 N–H and O–H groups in total. The summed E-state index contributed by atoms with van der Waals surface area (Å²) < 4.78 is 1.75. The molecule has 0 radical (unpaired) electrons. The first-order valence-corrected chi connectivity index (χ1v) is 7.09. The molecule has 0 saturated heterocycles. The van der Waals surface area contributed by atoms with Crippen LogP contribution in [0.3, 0.4) is 0 Å². The van der Waals surface area contributed by atoms with Crippen molar-refractivity contribution in [3.8, 4) is 0 Å². The number of hydrogen-bond donors (Lipinski definition) is 1. The molecule has 18 heavy (non-hydrogen) atoms. The molecule has 1 aliphatic carbocycles. The molecular weight excluding hydrogens is 226 g/mol. The van der Waals surface area contributed by atoms with Crippen LogP contribution in [0, 0.1) is 17.8 Å². The first-order valence-electron chi connectivity index (χ1n) is 7.09. The van der Waals surface area contributed by atoms with E-state index in [1.807, 2.05) is 7.05 Å². The van der Waals surface area contributed by atoms with Gasteiger partial charge in [0.15, 0.2) is 0 Å². The average Bonchev–Trinajstić information content (AvgIpc) is 2.75. The highest BCUT2D eigenvalue weighted by molar-refractivity contribution is 4.89. The molecule has 102 valence electrons. The van der Waals surface area contributed by atoms with Gasteiger partial charge < -0.3 is 5.11 Å². The van der Waals surface area contributed by atoms with Crippen molar-refractivity contribution in [2.45, 2.75) is 52.1 Å². The predicted octanol–water partition coefficient (Wildman–Crippen LogP) is 2.18. The van der Waals surface area contributed by atoms with Crippen LogP contribution >= 0.6 is 0 Å². The van der Waals surface area contributed by atoms with Crippen LogP contribution in [0.4, 0.5) is 0 Å². The minimum Gasteiger partial charge on any atom is -0.392 e. The minimum atomic E-state index is -0.263. The van der Waals surface area contributed by atoms with Crippen LogP contribution in [0.5, 0.6) is 0 Å². The van der Waals surface area contributed by atoms with Crippen molar-refractivity contribution in [3.05, 3.63) is 12.2 Å². The molecule has 0 aliphatic heterocycles. The van der Waals surface area contributed by atoms with Gasteiger partial charge in [0.05, 0.1) is 6.10 Å². The molecule has 0 spiro atoms. The highest BCUT2D eigenvalue weighted by Gasteiger charge is 2.28. The van der Waals surface area contributed by atoms with Crippen LogP contribution in [0.25, 0.3) is 0 Å².